The van der Waals surface area contributed by atoms with E-state index in [0.717, 1.165) is 35.5 Å². The van der Waals surface area contributed by atoms with Crippen LogP contribution in [-0.2, 0) is 17.8 Å². The molecule has 0 aliphatic rings. The lowest BCUT2D eigenvalue weighted by Crippen LogP contribution is -2.22. The van der Waals surface area contributed by atoms with Crippen LogP contribution in [0.3, 0.4) is 0 Å². The fourth-order valence-electron chi connectivity index (χ4n) is 6.11. The zero-order chi connectivity index (χ0) is 28.3. The molecule has 0 aromatic heterocycles. The quantitative estimate of drug-likeness (QED) is 0.184. The van der Waals surface area contributed by atoms with Gasteiger partial charge in [-0.2, -0.15) is 0 Å². The maximum absolute atomic E-state index is 12.8. The number of nitrogens with zero attached hydrogens (tertiary/aromatic N) is 1. The molecule has 0 saturated carbocycles. The van der Waals surface area contributed by atoms with Gasteiger partial charge in [0.2, 0.25) is 5.91 Å². The Morgan fingerprint density at radius 2 is 1.12 bits per heavy atom. The lowest BCUT2D eigenvalue weighted by atomic mass is 9.90. The summed E-state index contributed by atoms with van der Waals surface area (Å²) in [6.07, 6.45) is 2.21. The molecule has 0 aliphatic heterocycles. The van der Waals surface area contributed by atoms with Crippen LogP contribution in [-0.4, -0.2) is 5.91 Å². The highest BCUT2D eigenvalue weighted by atomic mass is 16.1. The first kappa shape index (κ1) is 25.8. The van der Waals surface area contributed by atoms with Crippen molar-refractivity contribution in [3.63, 3.8) is 0 Å². The van der Waals surface area contributed by atoms with Crippen LogP contribution in [0.5, 0.6) is 0 Å². The molecule has 0 bridgehead atoms. The minimum Gasteiger partial charge on any atom is -0.352 e. The van der Waals surface area contributed by atoms with E-state index in [-0.39, 0.29) is 5.91 Å². The average Bonchev–Trinajstić information content (AvgIpc) is 3.05. The second-order valence-corrected chi connectivity index (χ2v) is 10.9. The lowest BCUT2D eigenvalue weighted by molar-refractivity contribution is -0.121. The molecule has 0 spiro atoms. The summed E-state index contributed by atoms with van der Waals surface area (Å²) in [7, 11) is 0. The molecule has 0 saturated heterocycles. The van der Waals surface area contributed by atoms with E-state index in [1.165, 1.54) is 37.9 Å². The zero-order valence-electron chi connectivity index (χ0n) is 23.5. The average molecular weight is 545 g/mol. The van der Waals surface area contributed by atoms with Crippen LogP contribution in [0.2, 0.25) is 0 Å². The summed E-state index contributed by atoms with van der Waals surface area (Å²) in [4.78, 5) is 15.0. The summed E-state index contributed by atoms with van der Waals surface area (Å²) in [5.74, 6) is 0.0898. The summed E-state index contributed by atoms with van der Waals surface area (Å²) in [6, 6.07) is 49.0. The topological polar surface area (TPSA) is 32.3 Å². The second kappa shape index (κ2) is 11.4. The third-order valence-electron chi connectivity index (χ3n) is 8.18. The SMILES string of the molecule is O=C(CCCc1ccc2ccc3cccc4ccc1c2c34)NCc1ccc(N(c2ccccc2)c2ccccc2)cc1. The largest absolute Gasteiger partial charge is 0.352 e. The van der Waals surface area contributed by atoms with E-state index in [1.54, 1.807) is 0 Å². The van der Waals surface area contributed by atoms with Crippen molar-refractivity contribution in [3.8, 4) is 0 Å². The number of carbonyl (C=O) groups excluding carboxylic acids is 1. The van der Waals surface area contributed by atoms with E-state index in [1.807, 2.05) is 12.1 Å². The number of amides is 1. The Labute approximate surface area is 246 Å². The number of aryl methyl sites for hydroxylation is 1. The van der Waals surface area contributed by atoms with Gasteiger partial charge in [-0.15, -0.1) is 0 Å². The molecule has 7 rings (SSSR count). The smallest absolute Gasteiger partial charge is 0.220 e. The summed E-state index contributed by atoms with van der Waals surface area (Å²) in [5.41, 5.74) is 5.69. The minimum atomic E-state index is 0.0898. The fourth-order valence-corrected chi connectivity index (χ4v) is 6.11. The number of rotatable bonds is 9. The van der Waals surface area contributed by atoms with Crippen molar-refractivity contribution in [2.75, 3.05) is 4.90 Å². The molecule has 0 aliphatic carbocycles. The number of nitrogens with one attached hydrogen (secondary N) is 1. The Morgan fingerprint density at radius 3 is 1.79 bits per heavy atom. The molecule has 1 amide bonds. The normalized spacial score (nSPS) is 11.3. The van der Waals surface area contributed by atoms with Gasteiger partial charge in [0.25, 0.3) is 0 Å². The van der Waals surface area contributed by atoms with Gasteiger partial charge in [-0.3, -0.25) is 4.79 Å². The van der Waals surface area contributed by atoms with Crippen molar-refractivity contribution in [1.29, 1.82) is 0 Å². The Kier molecular flexibility index (Phi) is 6.99. The van der Waals surface area contributed by atoms with E-state index in [9.17, 15) is 4.79 Å². The maximum Gasteiger partial charge on any atom is 0.220 e. The molecule has 204 valence electrons. The Bertz CT molecular complexity index is 1910. The van der Waals surface area contributed by atoms with E-state index >= 15 is 0 Å². The number of hydrogen-bond donors (Lipinski definition) is 1. The van der Waals surface area contributed by atoms with Gasteiger partial charge in [0.15, 0.2) is 0 Å². The summed E-state index contributed by atoms with van der Waals surface area (Å²) < 4.78 is 0. The van der Waals surface area contributed by atoms with E-state index in [4.69, 9.17) is 0 Å². The molecule has 3 heteroatoms. The first-order valence-electron chi connectivity index (χ1n) is 14.7. The highest BCUT2D eigenvalue weighted by Crippen LogP contribution is 2.37. The van der Waals surface area contributed by atoms with E-state index in [2.05, 4.69) is 138 Å². The monoisotopic (exact) mass is 544 g/mol. The van der Waals surface area contributed by atoms with Crippen LogP contribution < -0.4 is 10.2 Å². The van der Waals surface area contributed by atoms with E-state index < -0.39 is 0 Å². The Hall–Kier alpha value is -5.15. The minimum absolute atomic E-state index is 0.0898. The number of anilines is 3. The second-order valence-electron chi connectivity index (χ2n) is 10.9. The number of hydrogen-bond acceptors (Lipinski definition) is 2. The van der Waals surface area contributed by atoms with Crippen molar-refractivity contribution in [1.82, 2.24) is 5.32 Å². The van der Waals surface area contributed by atoms with Crippen LogP contribution in [0.25, 0.3) is 32.3 Å². The van der Waals surface area contributed by atoms with Gasteiger partial charge in [0, 0.05) is 30.0 Å². The molecule has 42 heavy (non-hydrogen) atoms. The molecular weight excluding hydrogens is 512 g/mol. The Morgan fingerprint density at radius 1 is 0.548 bits per heavy atom. The summed E-state index contributed by atoms with van der Waals surface area (Å²) in [6.45, 7) is 0.522. The van der Waals surface area contributed by atoms with Gasteiger partial charge in [-0.05, 0) is 92.7 Å². The fraction of sp³-hybridized carbons (Fsp3) is 0.103. The van der Waals surface area contributed by atoms with Gasteiger partial charge in [0.05, 0.1) is 0 Å². The standard InChI is InChI=1S/C39H32N2O/c42-37(16-8-9-29-19-20-32-22-21-30-10-7-11-31-23-26-36(29)39(32)38(30)31)40-27-28-17-24-35(25-18-28)41(33-12-3-1-4-13-33)34-14-5-2-6-15-34/h1-7,10-15,17-26H,8-9,16,27H2,(H,40,42). The van der Waals surface area contributed by atoms with Gasteiger partial charge in [0.1, 0.15) is 0 Å². The van der Waals surface area contributed by atoms with Crippen molar-refractivity contribution in [2.45, 2.75) is 25.8 Å². The van der Waals surface area contributed by atoms with E-state index in [0.29, 0.717) is 13.0 Å². The number of carbonyl (C=O) groups is 1. The van der Waals surface area contributed by atoms with Crippen molar-refractivity contribution < 1.29 is 4.79 Å². The van der Waals surface area contributed by atoms with Crippen molar-refractivity contribution in [3.05, 3.63) is 151 Å². The van der Waals surface area contributed by atoms with Gasteiger partial charge in [-0.1, -0.05) is 103 Å². The third kappa shape index (κ3) is 5.06. The molecular formula is C39H32N2O. The molecule has 0 atom stereocenters. The number of para-hydroxylation sites is 2. The van der Waals surface area contributed by atoms with Gasteiger partial charge >= 0.3 is 0 Å². The molecule has 7 aromatic carbocycles. The first-order chi connectivity index (χ1) is 20.7. The van der Waals surface area contributed by atoms with Crippen LogP contribution in [0, 0.1) is 0 Å². The molecule has 0 unspecified atom stereocenters. The molecule has 3 nitrogen and oxygen atoms in total. The van der Waals surface area contributed by atoms with Gasteiger partial charge < -0.3 is 10.2 Å². The summed E-state index contributed by atoms with van der Waals surface area (Å²) in [5, 5.41) is 10.9. The predicted octanol–water partition coefficient (Wildman–Crippen LogP) is 9.69. The zero-order valence-corrected chi connectivity index (χ0v) is 23.5. The van der Waals surface area contributed by atoms with Gasteiger partial charge in [-0.25, -0.2) is 0 Å². The highest BCUT2D eigenvalue weighted by molar-refractivity contribution is 6.23. The lowest BCUT2D eigenvalue weighted by Gasteiger charge is -2.25. The highest BCUT2D eigenvalue weighted by Gasteiger charge is 2.13. The van der Waals surface area contributed by atoms with Crippen LogP contribution >= 0.6 is 0 Å². The van der Waals surface area contributed by atoms with Crippen LogP contribution in [0.1, 0.15) is 24.0 Å². The summed E-state index contributed by atoms with van der Waals surface area (Å²) >= 11 is 0. The van der Waals surface area contributed by atoms with Crippen LogP contribution in [0.15, 0.2) is 140 Å². The molecule has 7 aromatic rings. The van der Waals surface area contributed by atoms with Crippen molar-refractivity contribution >= 4 is 55.3 Å². The van der Waals surface area contributed by atoms with Crippen LogP contribution in [0.4, 0.5) is 17.1 Å². The maximum atomic E-state index is 12.8. The molecule has 0 fully saturated rings. The molecule has 0 radical (unpaired) electrons. The number of benzene rings is 7. The molecule has 1 N–H and O–H groups in total. The first-order valence-corrected chi connectivity index (χ1v) is 14.7. The van der Waals surface area contributed by atoms with Crippen molar-refractivity contribution in [2.24, 2.45) is 0 Å². The third-order valence-corrected chi connectivity index (χ3v) is 8.18. The predicted molar refractivity (Wildman–Crippen MR) is 176 cm³/mol. The Balaban J connectivity index is 0.991. The molecule has 0 heterocycles.